The van der Waals surface area contributed by atoms with Crippen molar-refractivity contribution in [2.75, 3.05) is 0 Å². The molecular weight excluding hydrogens is 248 g/mol. The molecule has 0 aliphatic carbocycles. The number of benzene rings is 2. The number of Topliss-reactive ketones (excluding diaryl/α,β-unsaturated/α-hetero) is 1. The normalized spacial score (nSPS) is 11.9. The van der Waals surface area contributed by atoms with Crippen molar-refractivity contribution in [1.29, 1.82) is 0 Å². The average Bonchev–Trinajstić information content (AvgIpc) is 2.47. The first kappa shape index (κ1) is 14.2. The van der Waals surface area contributed by atoms with Crippen LogP contribution in [0.1, 0.15) is 47.7 Å². The molecule has 0 aliphatic heterocycles. The lowest BCUT2D eigenvalue weighted by atomic mass is 9.94. The zero-order chi connectivity index (χ0) is 14.5. The second-order valence-electron chi connectivity index (χ2n) is 5.12. The first-order chi connectivity index (χ1) is 9.58. The molecule has 2 aromatic carbocycles. The number of ketones is 2. The van der Waals surface area contributed by atoms with E-state index in [4.69, 9.17) is 0 Å². The van der Waals surface area contributed by atoms with Crippen molar-refractivity contribution in [3.05, 3.63) is 71.3 Å². The molecule has 2 nitrogen and oxygen atoms in total. The van der Waals surface area contributed by atoms with Gasteiger partial charge in [0.05, 0.1) is 0 Å². The van der Waals surface area contributed by atoms with Crippen molar-refractivity contribution in [3.63, 3.8) is 0 Å². The topological polar surface area (TPSA) is 34.1 Å². The molecule has 0 N–H and O–H groups in total. The molecule has 0 fully saturated rings. The molecule has 0 aliphatic rings. The van der Waals surface area contributed by atoms with Crippen LogP contribution in [0.2, 0.25) is 0 Å². The molecule has 0 bridgehead atoms. The van der Waals surface area contributed by atoms with Crippen LogP contribution in [0.3, 0.4) is 0 Å². The summed E-state index contributed by atoms with van der Waals surface area (Å²) in [5.41, 5.74) is 2.46. The molecule has 2 aromatic rings. The quantitative estimate of drug-likeness (QED) is 0.766. The van der Waals surface area contributed by atoms with Gasteiger partial charge in [-0.2, -0.15) is 0 Å². The summed E-state index contributed by atoms with van der Waals surface area (Å²) >= 11 is 0. The minimum Gasteiger partial charge on any atom is -0.300 e. The third-order valence-electron chi connectivity index (χ3n) is 3.37. The highest BCUT2D eigenvalue weighted by Gasteiger charge is 2.11. The SMILES string of the molecule is CC(=O)CC(C)c1ccc(C(=O)c2ccccc2)cc1. The number of hydrogen-bond donors (Lipinski definition) is 0. The first-order valence-electron chi connectivity index (χ1n) is 6.77. The summed E-state index contributed by atoms with van der Waals surface area (Å²) in [5, 5.41) is 0. The fourth-order valence-electron chi connectivity index (χ4n) is 2.27. The number of carbonyl (C=O) groups is 2. The number of hydrogen-bond acceptors (Lipinski definition) is 2. The molecule has 0 saturated heterocycles. The van der Waals surface area contributed by atoms with Crippen LogP contribution in [0.5, 0.6) is 0 Å². The molecule has 0 amide bonds. The summed E-state index contributed by atoms with van der Waals surface area (Å²) in [7, 11) is 0. The average molecular weight is 266 g/mol. The molecule has 102 valence electrons. The van der Waals surface area contributed by atoms with Gasteiger partial charge >= 0.3 is 0 Å². The second kappa shape index (κ2) is 6.29. The smallest absolute Gasteiger partial charge is 0.193 e. The van der Waals surface area contributed by atoms with Crippen LogP contribution in [0.25, 0.3) is 0 Å². The van der Waals surface area contributed by atoms with E-state index in [-0.39, 0.29) is 17.5 Å². The van der Waals surface area contributed by atoms with E-state index < -0.39 is 0 Å². The Morgan fingerprint density at radius 2 is 1.45 bits per heavy atom. The zero-order valence-corrected chi connectivity index (χ0v) is 11.8. The minimum atomic E-state index is 0.0244. The van der Waals surface area contributed by atoms with E-state index in [0.29, 0.717) is 17.5 Å². The van der Waals surface area contributed by atoms with Crippen LogP contribution in [0.4, 0.5) is 0 Å². The van der Waals surface area contributed by atoms with Crippen molar-refractivity contribution in [3.8, 4) is 0 Å². The molecule has 2 heteroatoms. The van der Waals surface area contributed by atoms with Crippen molar-refractivity contribution < 1.29 is 9.59 Å². The van der Waals surface area contributed by atoms with Crippen molar-refractivity contribution in [2.45, 2.75) is 26.2 Å². The summed E-state index contributed by atoms with van der Waals surface area (Å²) < 4.78 is 0. The van der Waals surface area contributed by atoms with Gasteiger partial charge in [-0.15, -0.1) is 0 Å². The van der Waals surface area contributed by atoms with Gasteiger partial charge in [-0.3, -0.25) is 4.79 Å². The zero-order valence-electron chi connectivity index (χ0n) is 11.8. The Morgan fingerprint density at radius 3 is 2.00 bits per heavy atom. The van der Waals surface area contributed by atoms with E-state index >= 15 is 0 Å². The van der Waals surface area contributed by atoms with Gasteiger partial charge in [-0.1, -0.05) is 61.5 Å². The third-order valence-corrected chi connectivity index (χ3v) is 3.37. The van der Waals surface area contributed by atoms with Crippen molar-refractivity contribution in [2.24, 2.45) is 0 Å². The Bertz CT molecular complexity index is 597. The van der Waals surface area contributed by atoms with Gasteiger partial charge in [0.15, 0.2) is 5.78 Å². The highest BCUT2D eigenvalue weighted by molar-refractivity contribution is 6.08. The third kappa shape index (κ3) is 3.41. The van der Waals surface area contributed by atoms with Gasteiger partial charge in [0.1, 0.15) is 5.78 Å². The number of rotatable bonds is 5. The summed E-state index contributed by atoms with van der Waals surface area (Å²) in [5.74, 6) is 0.395. The largest absolute Gasteiger partial charge is 0.300 e. The molecule has 1 atom stereocenters. The van der Waals surface area contributed by atoms with Crippen LogP contribution >= 0.6 is 0 Å². The van der Waals surface area contributed by atoms with E-state index in [0.717, 1.165) is 5.56 Å². The van der Waals surface area contributed by atoms with Gasteiger partial charge in [0.25, 0.3) is 0 Å². The van der Waals surface area contributed by atoms with Crippen LogP contribution in [0.15, 0.2) is 54.6 Å². The predicted molar refractivity (Wildman–Crippen MR) is 80.0 cm³/mol. The minimum absolute atomic E-state index is 0.0244. The monoisotopic (exact) mass is 266 g/mol. The Kier molecular flexibility index (Phi) is 4.46. The van der Waals surface area contributed by atoms with Gasteiger partial charge in [-0.25, -0.2) is 0 Å². The maximum Gasteiger partial charge on any atom is 0.193 e. The van der Waals surface area contributed by atoms with E-state index in [9.17, 15) is 9.59 Å². The Balaban J connectivity index is 2.16. The molecule has 0 heterocycles. The molecule has 0 aromatic heterocycles. The van der Waals surface area contributed by atoms with Crippen molar-refractivity contribution in [1.82, 2.24) is 0 Å². The summed E-state index contributed by atoms with van der Waals surface area (Å²) in [6.45, 7) is 3.62. The molecule has 0 spiro atoms. The maximum atomic E-state index is 12.3. The van der Waals surface area contributed by atoms with Crippen LogP contribution < -0.4 is 0 Å². The van der Waals surface area contributed by atoms with Crippen LogP contribution in [-0.2, 0) is 4.79 Å². The van der Waals surface area contributed by atoms with Gasteiger partial charge < -0.3 is 4.79 Å². The maximum absolute atomic E-state index is 12.3. The van der Waals surface area contributed by atoms with Crippen LogP contribution in [-0.4, -0.2) is 11.6 Å². The van der Waals surface area contributed by atoms with Crippen molar-refractivity contribution >= 4 is 11.6 Å². The molecule has 0 radical (unpaired) electrons. The van der Waals surface area contributed by atoms with Crippen LogP contribution in [0, 0.1) is 0 Å². The van der Waals surface area contributed by atoms with Gasteiger partial charge in [0, 0.05) is 17.5 Å². The highest BCUT2D eigenvalue weighted by atomic mass is 16.1. The standard InChI is InChI=1S/C18H18O2/c1-13(12-14(2)19)15-8-10-17(11-9-15)18(20)16-6-4-3-5-7-16/h3-11,13H,12H2,1-2H3. The lowest BCUT2D eigenvalue weighted by Gasteiger charge is -2.10. The summed E-state index contributed by atoms with van der Waals surface area (Å²) in [6.07, 6.45) is 0.534. The lowest BCUT2D eigenvalue weighted by Crippen LogP contribution is -2.03. The van der Waals surface area contributed by atoms with Gasteiger partial charge in [-0.05, 0) is 18.4 Å². The van der Waals surface area contributed by atoms with E-state index in [2.05, 4.69) is 0 Å². The fourth-order valence-corrected chi connectivity index (χ4v) is 2.27. The fraction of sp³-hybridized carbons (Fsp3) is 0.222. The highest BCUT2D eigenvalue weighted by Crippen LogP contribution is 2.20. The molecule has 1 unspecified atom stereocenters. The van der Waals surface area contributed by atoms with Gasteiger partial charge in [0.2, 0.25) is 0 Å². The molecule has 0 saturated carbocycles. The van der Waals surface area contributed by atoms with E-state index in [1.165, 1.54) is 0 Å². The lowest BCUT2D eigenvalue weighted by molar-refractivity contribution is -0.117. The molecule has 2 rings (SSSR count). The van der Waals surface area contributed by atoms with E-state index in [1.807, 2.05) is 61.5 Å². The predicted octanol–water partition coefficient (Wildman–Crippen LogP) is 4.00. The Hall–Kier alpha value is -2.22. The second-order valence-corrected chi connectivity index (χ2v) is 5.12. The number of carbonyl (C=O) groups excluding carboxylic acids is 2. The van der Waals surface area contributed by atoms with E-state index in [1.54, 1.807) is 6.92 Å². The first-order valence-corrected chi connectivity index (χ1v) is 6.77. The molecule has 20 heavy (non-hydrogen) atoms. The summed E-state index contributed by atoms with van der Waals surface area (Å²) in [6, 6.07) is 16.8. The summed E-state index contributed by atoms with van der Waals surface area (Å²) in [4.78, 5) is 23.4. The Morgan fingerprint density at radius 1 is 0.900 bits per heavy atom. The molecular formula is C18H18O2. The Labute approximate surface area is 119 Å².